The quantitative estimate of drug-likeness (QED) is 0.443. The minimum absolute atomic E-state index is 0. The lowest BCUT2D eigenvalue weighted by atomic mass is 9.68. The largest absolute Gasteiger partial charge is 0.497 e. The number of ketones is 1. The van der Waals surface area contributed by atoms with Gasteiger partial charge in [-0.15, -0.1) is 12.4 Å². The molecule has 1 aliphatic rings. The predicted molar refractivity (Wildman–Crippen MR) is 119 cm³/mol. The first kappa shape index (κ1) is 24.3. The molecule has 0 aromatic heterocycles. The number of carbonyl (C=O) groups is 1. The molecule has 0 unspecified atom stereocenters. The third kappa shape index (κ3) is 6.03. The van der Waals surface area contributed by atoms with E-state index in [9.17, 15) is 14.3 Å². The molecule has 0 bridgehead atoms. The smallest absolute Gasteiger partial charge is 0.162 e. The van der Waals surface area contributed by atoms with Crippen LogP contribution in [0.3, 0.4) is 0 Å². The Bertz CT molecular complexity index is 787. The summed E-state index contributed by atoms with van der Waals surface area (Å²) in [6.45, 7) is 0.935. The van der Waals surface area contributed by atoms with E-state index in [2.05, 4.69) is 17.4 Å². The van der Waals surface area contributed by atoms with Crippen molar-refractivity contribution < 1.29 is 19.0 Å². The van der Waals surface area contributed by atoms with Gasteiger partial charge in [0.25, 0.3) is 0 Å². The number of hydrogen-bond acceptors (Lipinski definition) is 4. The summed E-state index contributed by atoms with van der Waals surface area (Å²) in [5, 5.41) is 13.7. The third-order valence-electron chi connectivity index (χ3n) is 6.13. The molecule has 30 heavy (non-hydrogen) atoms. The van der Waals surface area contributed by atoms with E-state index in [-0.39, 0.29) is 36.0 Å². The fourth-order valence-corrected chi connectivity index (χ4v) is 4.19. The van der Waals surface area contributed by atoms with Crippen molar-refractivity contribution in [3.8, 4) is 5.75 Å². The highest BCUT2D eigenvalue weighted by Gasteiger charge is 2.36. The summed E-state index contributed by atoms with van der Waals surface area (Å²) in [5.41, 5.74) is 1.56. The molecule has 3 rings (SSSR count). The molecule has 1 saturated carbocycles. The number of hydrogen-bond donors (Lipinski definition) is 2. The summed E-state index contributed by atoms with van der Waals surface area (Å²) in [4.78, 5) is 12.1. The molecule has 1 fully saturated rings. The van der Waals surface area contributed by atoms with Gasteiger partial charge < -0.3 is 15.2 Å². The Hall–Kier alpha value is -1.95. The molecule has 2 aromatic carbocycles. The lowest BCUT2D eigenvalue weighted by molar-refractivity contribution is 0.0978. The van der Waals surface area contributed by atoms with Crippen LogP contribution in [0.1, 0.15) is 54.4 Å². The maximum Gasteiger partial charge on any atom is 0.162 e. The van der Waals surface area contributed by atoms with Gasteiger partial charge in [-0.2, -0.15) is 0 Å². The lowest BCUT2D eigenvalue weighted by Gasteiger charge is -2.39. The van der Waals surface area contributed by atoms with Gasteiger partial charge in [-0.05, 0) is 80.6 Å². The average molecular weight is 436 g/mol. The Balaban J connectivity index is 0.00000320. The zero-order chi connectivity index (χ0) is 20.7. The number of rotatable bonds is 9. The second-order valence-corrected chi connectivity index (χ2v) is 7.93. The number of ether oxygens (including phenoxy) is 1. The van der Waals surface area contributed by atoms with Gasteiger partial charge in [-0.25, -0.2) is 4.39 Å². The maximum absolute atomic E-state index is 12.9. The van der Waals surface area contributed by atoms with Gasteiger partial charge in [-0.3, -0.25) is 4.79 Å². The Morgan fingerprint density at radius 1 is 1.13 bits per heavy atom. The van der Waals surface area contributed by atoms with Crippen molar-refractivity contribution in [3.63, 3.8) is 0 Å². The lowest BCUT2D eigenvalue weighted by Crippen LogP contribution is -2.42. The number of benzene rings is 2. The number of Topliss-reactive ketones (excluding diaryl/α,β-unsaturated/α-hetero) is 1. The van der Waals surface area contributed by atoms with Gasteiger partial charge in [0.1, 0.15) is 11.6 Å². The van der Waals surface area contributed by atoms with Crippen molar-refractivity contribution in [2.45, 2.75) is 50.0 Å². The van der Waals surface area contributed by atoms with Crippen LogP contribution in [-0.2, 0) is 5.41 Å². The molecular weight excluding hydrogens is 405 g/mol. The summed E-state index contributed by atoms with van der Waals surface area (Å²) < 4.78 is 18.2. The number of carbonyl (C=O) groups excluding carboxylic acids is 1. The predicted octanol–water partition coefficient (Wildman–Crippen LogP) is 4.68. The number of methoxy groups -OCH3 is 1. The van der Waals surface area contributed by atoms with Crippen LogP contribution in [0.25, 0.3) is 0 Å². The molecule has 0 heterocycles. The van der Waals surface area contributed by atoms with E-state index < -0.39 is 0 Å². The first-order valence-electron chi connectivity index (χ1n) is 10.3. The van der Waals surface area contributed by atoms with E-state index in [1.54, 1.807) is 19.2 Å². The molecule has 164 valence electrons. The van der Waals surface area contributed by atoms with Gasteiger partial charge >= 0.3 is 0 Å². The fourth-order valence-electron chi connectivity index (χ4n) is 4.19. The summed E-state index contributed by atoms with van der Waals surface area (Å²) in [5.74, 6) is 0.552. The molecule has 6 heteroatoms. The summed E-state index contributed by atoms with van der Waals surface area (Å²) in [7, 11) is 1.65. The van der Waals surface area contributed by atoms with E-state index >= 15 is 0 Å². The molecule has 2 aromatic rings. The van der Waals surface area contributed by atoms with Crippen molar-refractivity contribution in [3.05, 3.63) is 65.5 Å². The van der Waals surface area contributed by atoms with Crippen LogP contribution in [0, 0.1) is 5.82 Å². The first-order valence-corrected chi connectivity index (χ1v) is 10.3. The summed E-state index contributed by atoms with van der Waals surface area (Å²) in [6.07, 6.45) is 5.08. The van der Waals surface area contributed by atoms with Crippen molar-refractivity contribution >= 4 is 18.2 Å². The second kappa shape index (κ2) is 11.4. The Morgan fingerprint density at radius 2 is 1.77 bits per heavy atom. The highest BCUT2D eigenvalue weighted by atomic mass is 35.5. The first-order chi connectivity index (χ1) is 14.1. The van der Waals surface area contributed by atoms with Crippen LogP contribution >= 0.6 is 12.4 Å². The maximum atomic E-state index is 12.9. The number of halogens is 2. The summed E-state index contributed by atoms with van der Waals surface area (Å²) >= 11 is 0. The van der Waals surface area contributed by atoms with E-state index in [0.29, 0.717) is 18.0 Å². The minimum atomic E-state index is -0.325. The Kier molecular flexibility index (Phi) is 9.28. The Labute approximate surface area is 184 Å². The van der Waals surface area contributed by atoms with E-state index in [1.807, 2.05) is 12.1 Å². The second-order valence-electron chi connectivity index (χ2n) is 7.93. The standard InChI is InChI=1S/C24H30FNO3.ClH/c1-29-22-10-6-19(7-11-22)24(17-27)14-12-21(13-15-24)26-16-2-3-23(28)18-4-8-20(25)9-5-18;/h4-11,21,26-27H,2-3,12-17H2,1H3;1H. The van der Waals surface area contributed by atoms with Crippen LogP contribution in [0.2, 0.25) is 0 Å². The molecule has 1 aliphatic carbocycles. The molecule has 0 saturated heterocycles. The van der Waals surface area contributed by atoms with Gasteiger partial charge in [-0.1, -0.05) is 12.1 Å². The molecule has 2 N–H and O–H groups in total. The van der Waals surface area contributed by atoms with Crippen molar-refractivity contribution in [2.24, 2.45) is 0 Å². The zero-order valence-corrected chi connectivity index (χ0v) is 18.2. The van der Waals surface area contributed by atoms with Gasteiger partial charge in [0.15, 0.2) is 5.78 Å². The SMILES string of the molecule is COc1ccc(C2(CO)CCC(NCCCC(=O)c3ccc(F)cc3)CC2)cc1.Cl. The minimum Gasteiger partial charge on any atom is -0.497 e. The van der Waals surface area contributed by atoms with Crippen LogP contribution in [-0.4, -0.2) is 37.2 Å². The Morgan fingerprint density at radius 3 is 2.33 bits per heavy atom. The number of aliphatic hydroxyl groups excluding tert-OH is 1. The molecular formula is C24H31ClFNO3. The molecule has 0 spiro atoms. The molecule has 0 radical (unpaired) electrons. The monoisotopic (exact) mass is 435 g/mol. The van der Waals surface area contributed by atoms with E-state index in [1.165, 1.54) is 17.7 Å². The van der Waals surface area contributed by atoms with E-state index in [4.69, 9.17) is 4.74 Å². The van der Waals surface area contributed by atoms with Crippen LogP contribution in [0.4, 0.5) is 4.39 Å². The van der Waals surface area contributed by atoms with Crippen molar-refractivity contribution in [1.82, 2.24) is 5.32 Å². The van der Waals surface area contributed by atoms with Crippen molar-refractivity contribution in [2.75, 3.05) is 20.3 Å². The van der Waals surface area contributed by atoms with Gasteiger partial charge in [0.2, 0.25) is 0 Å². The van der Waals surface area contributed by atoms with E-state index in [0.717, 1.165) is 44.4 Å². The van der Waals surface area contributed by atoms with Crippen LogP contribution < -0.4 is 10.1 Å². The normalized spacial score (nSPS) is 21.0. The third-order valence-corrected chi connectivity index (χ3v) is 6.13. The number of aliphatic hydroxyl groups is 1. The summed E-state index contributed by atoms with van der Waals surface area (Å²) in [6, 6.07) is 14.2. The molecule has 0 amide bonds. The van der Waals surface area contributed by atoms with Crippen LogP contribution in [0.15, 0.2) is 48.5 Å². The topological polar surface area (TPSA) is 58.6 Å². The highest BCUT2D eigenvalue weighted by Crippen LogP contribution is 2.39. The molecule has 4 nitrogen and oxygen atoms in total. The zero-order valence-electron chi connectivity index (χ0n) is 17.4. The molecule has 0 atom stereocenters. The fraction of sp³-hybridized carbons (Fsp3) is 0.458. The van der Waals surface area contributed by atoms with Crippen LogP contribution in [0.5, 0.6) is 5.75 Å². The van der Waals surface area contributed by atoms with Gasteiger partial charge in [0.05, 0.1) is 13.7 Å². The molecule has 0 aliphatic heterocycles. The van der Waals surface area contributed by atoms with Crippen molar-refractivity contribution in [1.29, 1.82) is 0 Å². The van der Waals surface area contributed by atoms with Gasteiger partial charge in [0, 0.05) is 23.4 Å². The number of nitrogens with one attached hydrogen (secondary N) is 1. The highest BCUT2D eigenvalue weighted by molar-refractivity contribution is 5.95. The average Bonchev–Trinajstić information content (AvgIpc) is 2.77.